The van der Waals surface area contributed by atoms with Crippen molar-refractivity contribution in [1.82, 2.24) is 10.2 Å². The standard InChI is InChI=1S/C20H16FN3O4/c21-12-4-1-3-11(9-12)18(26)22-15-6-2-5-13-14(15)10-24(20(13)28)16-7-8-17(25)23-19(16)27/h1-6,9,16H,7-8,10H2,(H,22,26)(H,23,25,27). The Labute approximate surface area is 159 Å². The van der Waals surface area contributed by atoms with Crippen molar-refractivity contribution < 1.29 is 23.6 Å². The summed E-state index contributed by atoms with van der Waals surface area (Å²) in [5, 5.41) is 4.96. The molecule has 0 aliphatic carbocycles. The number of piperidine rings is 1. The molecule has 2 aliphatic rings. The zero-order valence-electron chi connectivity index (χ0n) is 14.7. The maximum Gasteiger partial charge on any atom is 0.255 e. The Bertz CT molecular complexity index is 1020. The monoisotopic (exact) mass is 381 g/mol. The number of halogens is 1. The fourth-order valence-corrected chi connectivity index (χ4v) is 3.53. The van der Waals surface area contributed by atoms with E-state index in [0.29, 0.717) is 16.8 Å². The van der Waals surface area contributed by atoms with Crippen LogP contribution in [-0.4, -0.2) is 34.6 Å². The summed E-state index contributed by atoms with van der Waals surface area (Å²) in [6.45, 7) is 0.139. The fraction of sp³-hybridized carbons (Fsp3) is 0.200. The number of nitrogens with zero attached hydrogens (tertiary/aromatic N) is 1. The summed E-state index contributed by atoms with van der Waals surface area (Å²) in [4.78, 5) is 50.1. The topological polar surface area (TPSA) is 95.6 Å². The number of carbonyl (C=O) groups excluding carboxylic acids is 4. The molecule has 1 fully saturated rings. The first-order valence-electron chi connectivity index (χ1n) is 8.77. The smallest absolute Gasteiger partial charge is 0.255 e. The molecule has 1 saturated heterocycles. The molecule has 28 heavy (non-hydrogen) atoms. The Morgan fingerprint density at radius 2 is 1.93 bits per heavy atom. The number of fused-ring (bicyclic) bond motifs is 1. The van der Waals surface area contributed by atoms with Gasteiger partial charge in [-0.1, -0.05) is 12.1 Å². The molecule has 0 aromatic heterocycles. The van der Waals surface area contributed by atoms with E-state index in [4.69, 9.17) is 0 Å². The molecule has 1 atom stereocenters. The van der Waals surface area contributed by atoms with E-state index in [1.54, 1.807) is 18.2 Å². The van der Waals surface area contributed by atoms with Gasteiger partial charge in [0.05, 0.1) is 0 Å². The van der Waals surface area contributed by atoms with Gasteiger partial charge in [0.1, 0.15) is 11.9 Å². The molecule has 8 heteroatoms. The lowest BCUT2D eigenvalue weighted by atomic mass is 10.0. The van der Waals surface area contributed by atoms with Crippen molar-refractivity contribution in [3.8, 4) is 0 Å². The lowest BCUT2D eigenvalue weighted by Gasteiger charge is -2.29. The molecule has 0 saturated carbocycles. The molecular weight excluding hydrogens is 365 g/mol. The number of nitrogens with one attached hydrogen (secondary N) is 2. The average molecular weight is 381 g/mol. The first-order valence-corrected chi connectivity index (χ1v) is 8.77. The van der Waals surface area contributed by atoms with Crippen LogP contribution in [0.1, 0.15) is 39.1 Å². The van der Waals surface area contributed by atoms with Gasteiger partial charge in [-0.3, -0.25) is 24.5 Å². The third kappa shape index (κ3) is 3.13. The summed E-state index contributed by atoms with van der Waals surface area (Å²) < 4.78 is 13.4. The number of carbonyl (C=O) groups is 4. The lowest BCUT2D eigenvalue weighted by molar-refractivity contribution is -0.136. The molecule has 7 nitrogen and oxygen atoms in total. The van der Waals surface area contributed by atoms with Crippen molar-refractivity contribution >= 4 is 29.3 Å². The van der Waals surface area contributed by atoms with E-state index >= 15 is 0 Å². The van der Waals surface area contributed by atoms with Gasteiger partial charge in [-0.15, -0.1) is 0 Å². The summed E-state index contributed by atoms with van der Waals surface area (Å²) in [6.07, 6.45) is 0.426. The van der Waals surface area contributed by atoms with Crippen molar-refractivity contribution in [2.24, 2.45) is 0 Å². The first-order chi connectivity index (χ1) is 13.4. The molecular formula is C20H16FN3O4. The van der Waals surface area contributed by atoms with E-state index in [1.807, 2.05) is 0 Å². The number of hydrogen-bond donors (Lipinski definition) is 2. The van der Waals surface area contributed by atoms with Gasteiger partial charge in [0.2, 0.25) is 11.8 Å². The van der Waals surface area contributed by atoms with Crippen LogP contribution in [0.2, 0.25) is 0 Å². The second-order valence-electron chi connectivity index (χ2n) is 6.70. The summed E-state index contributed by atoms with van der Waals surface area (Å²) in [5.41, 5.74) is 1.56. The summed E-state index contributed by atoms with van der Waals surface area (Å²) >= 11 is 0. The van der Waals surface area contributed by atoms with Gasteiger partial charge in [0.15, 0.2) is 0 Å². The van der Waals surface area contributed by atoms with Crippen molar-refractivity contribution in [3.05, 3.63) is 65.0 Å². The summed E-state index contributed by atoms with van der Waals surface area (Å²) in [5.74, 6) is -2.20. The number of hydrogen-bond acceptors (Lipinski definition) is 4. The highest BCUT2D eigenvalue weighted by atomic mass is 19.1. The van der Waals surface area contributed by atoms with Gasteiger partial charge in [0, 0.05) is 35.3 Å². The zero-order valence-corrected chi connectivity index (χ0v) is 14.7. The number of amides is 4. The van der Waals surface area contributed by atoms with E-state index < -0.39 is 23.7 Å². The maximum atomic E-state index is 13.4. The molecule has 2 aromatic carbocycles. The highest BCUT2D eigenvalue weighted by molar-refractivity contribution is 6.08. The zero-order chi connectivity index (χ0) is 19.8. The molecule has 4 amide bonds. The summed E-state index contributed by atoms with van der Waals surface area (Å²) in [6, 6.07) is 9.47. The first kappa shape index (κ1) is 17.8. The Balaban J connectivity index is 1.58. The van der Waals surface area contributed by atoms with Crippen LogP contribution >= 0.6 is 0 Å². The quantitative estimate of drug-likeness (QED) is 0.793. The Morgan fingerprint density at radius 1 is 1.14 bits per heavy atom. The van der Waals surface area contributed by atoms with E-state index in [1.165, 1.54) is 23.1 Å². The van der Waals surface area contributed by atoms with E-state index in [2.05, 4.69) is 10.6 Å². The molecule has 2 N–H and O–H groups in total. The molecule has 0 bridgehead atoms. The Kier molecular flexibility index (Phi) is 4.38. The highest BCUT2D eigenvalue weighted by Gasteiger charge is 2.39. The third-order valence-corrected chi connectivity index (χ3v) is 4.92. The SMILES string of the molecule is O=C1CCC(N2Cc3c(NC(=O)c4cccc(F)c4)cccc3C2=O)C(=O)N1. The Morgan fingerprint density at radius 3 is 2.68 bits per heavy atom. The molecule has 2 aromatic rings. The van der Waals surface area contributed by atoms with Gasteiger partial charge in [-0.05, 0) is 36.8 Å². The van der Waals surface area contributed by atoms with Crippen LogP contribution in [0.15, 0.2) is 42.5 Å². The third-order valence-electron chi connectivity index (χ3n) is 4.92. The molecule has 142 valence electrons. The minimum Gasteiger partial charge on any atom is -0.322 e. The molecule has 0 spiro atoms. The molecule has 1 unspecified atom stereocenters. The van der Waals surface area contributed by atoms with E-state index in [9.17, 15) is 23.6 Å². The second kappa shape index (κ2) is 6.88. The van der Waals surface area contributed by atoms with Crippen molar-refractivity contribution in [2.45, 2.75) is 25.4 Å². The normalized spacial score (nSPS) is 18.7. The average Bonchev–Trinajstić information content (AvgIpc) is 2.99. The predicted octanol–water partition coefficient (Wildman–Crippen LogP) is 1.84. The number of rotatable bonds is 3. The van der Waals surface area contributed by atoms with Gasteiger partial charge in [0.25, 0.3) is 11.8 Å². The molecule has 4 rings (SSSR count). The predicted molar refractivity (Wildman–Crippen MR) is 96.8 cm³/mol. The minimum absolute atomic E-state index is 0.139. The van der Waals surface area contributed by atoms with Crippen LogP contribution in [0.4, 0.5) is 10.1 Å². The Hall–Kier alpha value is -3.55. The molecule has 2 aliphatic heterocycles. The molecule has 2 heterocycles. The van der Waals surface area contributed by atoms with Crippen LogP contribution in [0, 0.1) is 5.82 Å². The van der Waals surface area contributed by atoms with E-state index in [0.717, 1.165) is 6.07 Å². The van der Waals surface area contributed by atoms with Crippen molar-refractivity contribution in [1.29, 1.82) is 0 Å². The second-order valence-corrected chi connectivity index (χ2v) is 6.70. The summed E-state index contributed by atoms with van der Waals surface area (Å²) in [7, 11) is 0. The van der Waals surface area contributed by atoms with Crippen LogP contribution < -0.4 is 10.6 Å². The largest absolute Gasteiger partial charge is 0.322 e. The van der Waals surface area contributed by atoms with Crippen LogP contribution in [0.25, 0.3) is 0 Å². The van der Waals surface area contributed by atoms with Crippen LogP contribution in [0.5, 0.6) is 0 Å². The van der Waals surface area contributed by atoms with E-state index in [-0.39, 0.29) is 36.8 Å². The van der Waals surface area contributed by atoms with Gasteiger partial charge in [-0.25, -0.2) is 4.39 Å². The molecule has 0 radical (unpaired) electrons. The van der Waals surface area contributed by atoms with Gasteiger partial charge < -0.3 is 10.2 Å². The lowest BCUT2D eigenvalue weighted by Crippen LogP contribution is -2.52. The number of imide groups is 1. The van der Waals surface area contributed by atoms with Gasteiger partial charge >= 0.3 is 0 Å². The minimum atomic E-state index is -0.732. The van der Waals surface area contributed by atoms with Crippen molar-refractivity contribution in [3.63, 3.8) is 0 Å². The fourth-order valence-electron chi connectivity index (χ4n) is 3.53. The van der Waals surface area contributed by atoms with Crippen molar-refractivity contribution in [2.75, 3.05) is 5.32 Å². The number of anilines is 1. The van der Waals surface area contributed by atoms with Crippen LogP contribution in [-0.2, 0) is 16.1 Å². The van der Waals surface area contributed by atoms with Gasteiger partial charge in [-0.2, -0.15) is 0 Å². The number of benzene rings is 2. The van der Waals surface area contributed by atoms with Crippen LogP contribution in [0.3, 0.4) is 0 Å². The maximum absolute atomic E-state index is 13.4. The highest BCUT2D eigenvalue weighted by Crippen LogP contribution is 2.32.